The molecule has 0 saturated carbocycles. The topological polar surface area (TPSA) is 128 Å². The van der Waals surface area contributed by atoms with Crippen molar-refractivity contribution in [3.05, 3.63) is 131 Å². The summed E-state index contributed by atoms with van der Waals surface area (Å²) in [5.41, 5.74) is 2.95. The van der Waals surface area contributed by atoms with Crippen LogP contribution in [0.4, 0.5) is 29.2 Å². The van der Waals surface area contributed by atoms with E-state index in [1.807, 2.05) is 40.4 Å². The van der Waals surface area contributed by atoms with Crippen LogP contribution in [0.2, 0.25) is 0 Å². The Hall–Kier alpha value is -6.24. The van der Waals surface area contributed by atoms with E-state index in [1.54, 1.807) is 55.6 Å². The number of anilines is 2. The monoisotopic (exact) mass is 812 g/mol. The molecule has 2 aliphatic rings. The van der Waals surface area contributed by atoms with E-state index >= 15 is 0 Å². The fourth-order valence-electron chi connectivity index (χ4n) is 7.17. The van der Waals surface area contributed by atoms with Gasteiger partial charge in [-0.1, -0.05) is 0 Å². The number of rotatable bonds is 6. The molecule has 8 aromatic heterocycles. The second-order valence-electron chi connectivity index (χ2n) is 12.9. The molecule has 0 radical (unpaired) electrons. The summed E-state index contributed by atoms with van der Waals surface area (Å²) in [5.74, 6) is -1.05. The van der Waals surface area contributed by atoms with E-state index in [-0.39, 0.29) is 23.5 Å². The maximum atomic E-state index is 14.3. The molecular formula is C36H29BrF4N14. The van der Waals surface area contributed by atoms with E-state index in [9.17, 15) is 17.6 Å². The molecule has 2 fully saturated rings. The van der Waals surface area contributed by atoms with E-state index in [0.717, 1.165) is 53.0 Å². The van der Waals surface area contributed by atoms with Crippen molar-refractivity contribution < 1.29 is 17.6 Å². The zero-order chi connectivity index (χ0) is 37.6. The Labute approximate surface area is 317 Å². The van der Waals surface area contributed by atoms with Gasteiger partial charge in [0.25, 0.3) is 0 Å². The average Bonchev–Trinajstić information content (AvgIpc) is 4.04. The Bertz CT molecular complexity index is 2640. The summed E-state index contributed by atoms with van der Waals surface area (Å²) in [4.78, 5) is 21.0. The summed E-state index contributed by atoms with van der Waals surface area (Å²) in [6.45, 7) is 1.37. The smallest absolute Gasteiger partial charge is 0.213 e. The molecule has 0 spiro atoms. The van der Waals surface area contributed by atoms with Gasteiger partial charge in [-0.05, 0) is 84.1 Å². The Balaban J connectivity index is 0.000000144. The lowest BCUT2D eigenvalue weighted by molar-refractivity contribution is 0.518. The number of halogens is 5. The van der Waals surface area contributed by atoms with Crippen LogP contribution in [-0.4, -0.2) is 71.8 Å². The molecule has 0 unspecified atom stereocenters. The van der Waals surface area contributed by atoms with Crippen molar-refractivity contribution in [1.29, 1.82) is 0 Å². The number of nitrogens with zero attached hydrogens (tertiary/aromatic N) is 14. The number of hydrogen-bond acceptors (Lipinski definition) is 10. The van der Waals surface area contributed by atoms with Gasteiger partial charge in [0.2, 0.25) is 11.9 Å². The zero-order valence-corrected chi connectivity index (χ0v) is 30.3. The van der Waals surface area contributed by atoms with E-state index in [2.05, 4.69) is 46.3 Å². The third kappa shape index (κ3) is 6.53. The van der Waals surface area contributed by atoms with Crippen LogP contribution >= 0.6 is 15.9 Å². The number of pyridine rings is 2. The van der Waals surface area contributed by atoms with Crippen LogP contribution in [0, 0.1) is 23.5 Å². The third-order valence-electron chi connectivity index (χ3n) is 9.62. The first-order chi connectivity index (χ1) is 26.8. The van der Waals surface area contributed by atoms with Gasteiger partial charge in [0.15, 0.2) is 11.3 Å². The first kappa shape index (κ1) is 34.5. The highest BCUT2D eigenvalue weighted by Crippen LogP contribution is 2.37. The van der Waals surface area contributed by atoms with Crippen LogP contribution in [0.5, 0.6) is 0 Å². The molecule has 0 bridgehead atoms. The van der Waals surface area contributed by atoms with Crippen LogP contribution < -0.4 is 9.80 Å². The van der Waals surface area contributed by atoms with Gasteiger partial charge >= 0.3 is 0 Å². The molecule has 2 aliphatic heterocycles. The predicted molar refractivity (Wildman–Crippen MR) is 195 cm³/mol. The van der Waals surface area contributed by atoms with Crippen LogP contribution in [0.25, 0.3) is 22.7 Å². The lowest BCUT2D eigenvalue weighted by Gasteiger charge is -2.25. The van der Waals surface area contributed by atoms with E-state index in [0.29, 0.717) is 48.9 Å². The normalized spacial score (nSPS) is 17.0. The minimum atomic E-state index is -0.686. The Morgan fingerprint density at radius 1 is 0.582 bits per heavy atom. The van der Waals surface area contributed by atoms with Gasteiger partial charge in [-0.25, -0.2) is 47.1 Å². The lowest BCUT2D eigenvalue weighted by atomic mass is 10.1. The maximum Gasteiger partial charge on any atom is 0.213 e. The highest BCUT2D eigenvalue weighted by atomic mass is 79.9. The molecule has 278 valence electrons. The highest BCUT2D eigenvalue weighted by molar-refractivity contribution is 9.10. The zero-order valence-electron chi connectivity index (χ0n) is 28.7. The maximum absolute atomic E-state index is 14.3. The quantitative estimate of drug-likeness (QED) is 0.134. The van der Waals surface area contributed by atoms with Crippen molar-refractivity contribution in [3.63, 3.8) is 0 Å². The summed E-state index contributed by atoms with van der Waals surface area (Å²) in [6, 6.07) is 9.05. The van der Waals surface area contributed by atoms with Gasteiger partial charge in [0, 0.05) is 44.1 Å². The van der Waals surface area contributed by atoms with Gasteiger partial charge in [-0.15, -0.1) is 0 Å². The van der Waals surface area contributed by atoms with Crippen molar-refractivity contribution in [3.8, 4) is 11.4 Å². The first-order valence-electron chi connectivity index (χ1n) is 17.4. The summed E-state index contributed by atoms with van der Waals surface area (Å²) in [5, 5.41) is 17.1. The highest BCUT2D eigenvalue weighted by Gasteiger charge is 2.32. The Morgan fingerprint density at radius 2 is 1.13 bits per heavy atom. The fraction of sp³-hybridized carbons (Fsp3) is 0.222. The van der Waals surface area contributed by atoms with Gasteiger partial charge < -0.3 is 9.80 Å². The largest absolute Gasteiger partial charge is 0.348 e. The summed E-state index contributed by atoms with van der Waals surface area (Å²) in [7, 11) is 0. The summed E-state index contributed by atoms with van der Waals surface area (Å²) >= 11 is 3.38. The lowest BCUT2D eigenvalue weighted by Crippen LogP contribution is -2.25. The molecule has 2 saturated heterocycles. The standard InChI is InChI=1S/C18H14BrF2N7.C18H15F2N7/c19-11-8-22-28(10-11)14-9-23-27-7-5-16(25-18(14)27)26-6-1-2-13(26)17-12(20)3-4-15(21)24-17;19-12-4-5-15(20)23-17(12)13-3-1-8-25(13)16-6-10-27-18(24-16)14(11-22-27)26-9-2-7-21-26/h3-5,7-10,13H,1-2,6H2;2,4-7,9-11,13H,1,3,8H2/t2*13-/m11/s1. The van der Waals surface area contributed by atoms with Crippen LogP contribution in [0.15, 0.2) is 96.5 Å². The minimum absolute atomic E-state index is 0.115. The van der Waals surface area contributed by atoms with Crippen molar-refractivity contribution in [2.24, 2.45) is 0 Å². The molecule has 55 heavy (non-hydrogen) atoms. The third-order valence-corrected chi connectivity index (χ3v) is 10.0. The predicted octanol–water partition coefficient (Wildman–Crippen LogP) is 6.62. The van der Waals surface area contributed by atoms with Crippen molar-refractivity contribution in [1.82, 2.24) is 58.7 Å². The molecule has 2 atom stereocenters. The number of hydrogen-bond donors (Lipinski definition) is 0. The second-order valence-corrected chi connectivity index (χ2v) is 13.8. The molecule has 19 heteroatoms. The minimum Gasteiger partial charge on any atom is -0.348 e. The van der Waals surface area contributed by atoms with Gasteiger partial charge in [-0.2, -0.15) is 29.2 Å². The summed E-state index contributed by atoms with van der Waals surface area (Å²) in [6.07, 6.45) is 17.0. The van der Waals surface area contributed by atoms with E-state index in [1.165, 1.54) is 0 Å². The molecule has 10 heterocycles. The van der Waals surface area contributed by atoms with Crippen molar-refractivity contribution in [2.75, 3.05) is 22.9 Å². The van der Waals surface area contributed by atoms with Crippen LogP contribution in [0.1, 0.15) is 49.2 Å². The SMILES string of the molecule is Fc1ccc(F)c([C@H]2CCCN2c2ccn3ncc(-n4cc(Br)cn4)c3n2)n1.Fc1ccc(F)c([C@H]2CCCN2c2ccn3ncc(-n4cccn4)c3n2)n1. The molecule has 14 nitrogen and oxygen atoms in total. The van der Waals surface area contributed by atoms with Gasteiger partial charge in [0.05, 0.1) is 35.1 Å². The molecule has 0 N–H and O–H groups in total. The molecule has 0 amide bonds. The van der Waals surface area contributed by atoms with Crippen LogP contribution in [0.3, 0.4) is 0 Å². The molecule has 10 rings (SSSR count). The fourth-order valence-corrected chi connectivity index (χ4v) is 7.45. The van der Waals surface area contributed by atoms with E-state index < -0.39 is 23.5 Å². The Kier molecular flexibility index (Phi) is 8.91. The average molecular weight is 814 g/mol. The molecule has 8 aromatic rings. The Morgan fingerprint density at radius 3 is 1.62 bits per heavy atom. The van der Waals surface area contributed by atoms with Crippen molar-refractivity contribution in [2.45, 2.75) is 37.8 Å². The van der Waals surface area contributed by atoms with Crippen molar-refractivity contribution >= 4 is 38.9 Å². The first-order valence-corrected chi connectivity index (χ1v) is 18.2. The molecule has 0 aliphatic carbocycles. The second kappa shape index (κ2) is 14.2. The number of aromatic nitrogens is 12. The van der Waals surface area contributed by atoms with Gasteiger partial charge in [0.1, 0.15) is 46.0 Å². The molecular weight excluding hydrogens is 784 g/mol. The van der Waals surface area contributed by atoms with E-state index in [4.69, 9.17) is 9.97 Å². The van der Waals surface area contributed by atoms with Gasteiger partial charge in [-0.3, -0.25) is 0 Å². The van der Waals surface area contributed by atoms with Crippen LogP contribution in [-0.2, 0) is 0 Å². The summed E-state index contributed by atoms with van der Waals surface area (Å²) < 4.78 is 63.3. The molecule has 0 aromatic carbocycles. The number of fused-ring (bicyclic) bond motifs is 2.